The van der Waals surface area contributed by atoms with Gasteiger partial charge in [0.05, 0.1) is 13.0 Å². The van der Waals surface area contributed by atoms with Crippen LogP contribution in [0.4, 0.5) is 4.39 Å². The van der Waals surface area contributed by atoms with Crippen molar-refractivity contribution in [2.45, 2.75) is 19.9 Å². The Morgan fingerprint density at radius 1 is 0.926 bits per heavy atom. The van der Waals surface area contributed by atoms with Crippen molar-refractivity contribution in [3.63, 3.8) is 0 Å². The first-order valence-electron chi connectivity index (χ1n) is 8.78. The third kappa shape index (κ3) is 4.91. The minimum atomic E-state index is -0.317. The molecule has 0 saturated carbocycles. The molecule has 0 bridgehead atoms. The Hall–Kier alpha value is -3.21. The molecule has 0 aromatic heterocycles. The van der Waals surface area contributed by atoms with Gasteiger partial charge in [-0.3, -0.25) is 9.59 Å². The Bertz CT molecular complexity index is 980. The molecule has 3 rings (SSSR count). The van der Waals surface area contributed by atoms with E-state index in [4.69, 9.17) is 0 Å². The standard InChI is InChI=1S/C22H21FN2O2/c1-15-9-10-16(11-20(15)23)13-24-22(27)14-25-21(26)12-18-7-4-6-17-5-2-3-8-19(17)18/h2-11H,12-14H2,1H3,(H,24,27)(H,25,26). The van der Waals surface area contributed by atoms with Gasteiger partial charge < -0.3 is 10.6 Å². The van der Waals surface area contributed by atoms with Crippen LogP contribution in [0.25, 0.3) is 10.8 Å². The average Bonchev–Trinajstić information content (AvgIpc) is 2.67. The van der Waals surface area contributed by atoms with Crippen LogP contribution in [0.3, 0.4) is 0 Å². The van der Waals surface area contributed by atoms with E-state index in [0.717, 1.165) is 16.3 Å². The highest BCUT2D eigenvalue weighted by atomic mass is 19.1. The smallest absolute Gasteiger partial charge is 0.239 e. The van der Waals surface area contributed by atoms with E-state index in [-0.39, 0.29) is 37.1 Å². The molecule has 0 saturated heterocycles. The van der Waals surface area contributed by atoms with Crippen LogP contribution in [0.1, 0.15) is 16.7 Å². The number of hydrogen-bond donors (Lipinski definition) is 2. The molecule has 0 aliphatic heterocycles. The third-order valence-corrected chi connectivity index (χ3v) is 4.40. The average molecular weight is 364 g/mol. The lowest BCUT2D eigenvalue weighted by atomic mass is 10.0. The maximum Gasteiger partial charge on any atom is 0.239 e. The van der Waals surface area contributed by atoms with Crippen LogP contribution < -0.4 is 10.6 Å². The lowest BCUT2D eigenvalue weighted by Gasteiger charge is -2.09. The van der Waals surface area contributed by atoms with Gasteiger partial charge in [-0.05, 0) is 40.5 Å². The quantitative estimate of drug-likeness (QED) is 0.705. The van der Waals surface area contributed by atoms with E-state index in [1.54, 1.807) is 19.1 Å². The Kier molecular flexibility index (Phi) is 5.81. The summed E-state index contributed by atoms with van der Waals surface area (Å²) in [6, 6.07) is 18.5. The van der Waals surface area contributed by atoms with Gasteiger partial charge in [-0.1, -0.05) is 54.6 Å². The fourth-order valence-corrected chi connectivity index (χ4v) is 2.87. The molecule has 2 amide bonds. The zero-order valence-electron chi connectivity index (χ0n) is 15.1. The fourth-order valence-electron chi connectivity index (χ4n) is 2.87. The first-order valence-corrected chi connectivity index (χ1v) is 8.78. The summed E-state index contributed by atoms with van der Waals surface area (Å²) >= 11 is 0. The number of hydrogen-bond acceptors (Lipinski definition) is 2. The van der Waals surface area contributed by atoms with Crippen LogP contribution in [0, 0.1) is 12.7 Å². The topological polar surface area (TPSA) is 58.2 Å². The first kappa shape index (κ1) is 18.6. The zero-order valence-corrected chi connectivity index (χ0v) is 15.1. The van der Waals surface area contributed by atoms with Crippen LogP contribution >= 0.6 is 0 Å². The highest BCUT2D eigenvalue weighted by Crippen LogP contribution is 2.18. The van der Waals surface area contributed by atoms with Crippen molar-refractivity contribution < 1.29 is 14.0 Å². The van der Waals surface area contributed by atoms with Crippen molar-refractivity contribution in [1.29, 1.82) is 0 Å². The molecule has 0 fully saturated rings. The number of benzene rings is 3. The Labute approximate surface area is 157 Å². The number of aryl methyl sites for hydroxylation is 1. The second-order valence-corrected chi connectivity index (χ2v) is 6.45. The van der Waals surface area contributed by atoms with Crippen molar-refractivity contribution in [2.75, 3.05) is 6.54 Å². The summed E-state index contributed by atoms with van der Waals surface area (Å²) in [7, 11) is 0. The van der Waals surface area contributed by atoms with Gasteiger partial charge in [0, 0.05) is 6.54 Å². The first-order chi connectivity index (χ1) is 13.0. The second kappa shape index (κ2) is 8.45. The normalized spacial score (nSPS) is 10.6. The molecule has 0 aliphatic carbocycles. The molecular weight excluding hydrogens is 343 g/mol. The lowest BCUT2D eigenvalue weighted by Crippen LogP contribution is -2.37. The second-order valence-electron chi connectivity index (χ2n) is 6.45. The van der Waals surface area contributed by atoms with Crippen LogP contribution in [0.2, 0.25) is 0 Å². The summed E-state index contributed by atoms with van der Waals surface area (Å²) < 4.78 is 13.5. The van der Waals surface area contributed by atoms with Crippen molar-refractivity contribution in [2.24, 2.45) is 0 Å². The predicted octanol–water partition coefficient (Wildman–Crippen LogP) is 3.26. The molecule has 0 unspecified atom stereocenters. The molecular formula is C22H21FN2O2. The summed E-state index contributed by atoms with van der Waals surface area (Å²) in [5.74, 6) is -0.838. The fraction of sp³-hybridized carbons (Fsp3) is 0.182. The molecule has 0 radical (unpaired) electrons. The van der Waals surface area contributed by atoms with Crippen LogP contribution in [0.15, 0.2) is 60.7 Å². The summed E-state index contributed by atoms with van der Waals surface area (Å²) in [5, 5.41) is 7.41. The molecule has 3 aromatic rings. The van der Waals surface area contributed by atoms with Crippen molar-refractivity contribution in [3.05, 3.63) is 83.2 Å². The van der Waals surface area contributed by atoms with Crippen molar-refractivity contribution in [1.82, 2.24) is 10.6 Å². The molecule has 4 nitrogen and oxygen atoms in total. The molecule has 0 aliphatic rings. The number of amides is 2. The molecule has 5 heteroatoms. The number of carbonyl (C=O) groups is 2. The third-order valence-electron chi connectivity index (χ3n) is 4.40. The summed E-state index contributed by atoms with van der Waals surface area (Å²) in [5.41, 5.74) is 2.15. The van der Waals surface area contributed by atoms with Crippen molar-refractivity contribution >= 4 is 22.6 Å². The molecule has 2 N–H and O–H groups in total. The van der Waals surface area contributed by atoms with Gasteiger partial charge in [-0.25, -0.2) is 4.39 Å². The van der Waals surface area contributed by atoms with Gasteiger partial charge in [-0.15, -0.1) is 0 Å². The van der Waals surface area contributed by atoms with Gasteiger partial charge in [0.2, 0.25) is 11.8 Å². The Morgan fingerprint density at radius 2 is 1.70 bits per heavy atom. The minimum Gasteiger partial charge on any atom is -0.350 e. The predicted molar refractivity (Wildman–Crippen MR) is 104 cm³/mol. The van der Waals surface area contributed by atoms with E-state index < -0.39 is 0 Å². The highest BCUT2D eigenvalue weighted by molar-refractivity contribution is 5.91. The minimum absolute atomic E-state index is 0.113. The van der Waals surface area contributed by atoms with E-state index >= 15 is 0 Å². The number of halogens is 1. The number of fused-ring (bicyclic) bond motifs is 1. The van der Waals surface area contributed by atoms with E-state index in [1.807, 2.05) is 42.5 Å². The highest BCUT2D eigenvalue weighted by Gasteiger charge is 2.09. The van der Waals surface area contributed by atoms with Crippen LogP contribution in [-0.2, 0) is 22.6 Å². The van der Waals surface area contributed by atoms with E-state index in [1.165, 1.54) is 6.07 Å². The monoisotopic (exact) mass is 364 g/mol. The Morgan fingerprint density at radius 3 is 2.52 bits per heavy atom. The van der Waals surface area contributed by atoms with Gasteiger partial charge in [0.15, 0.2) is 0 Å². The SMILES string of the molecule is Cc1ccc(CNC(=O)CNC(=O)Cc2cccc3ccccc23)cc1F. The van der Waals surface area contributed by atoms with Gasteiger partial charge >= 0.3 is 0 Å². The van der Waals surface area contributed by atoms with E-state index in [9.17, 15) is 14.0 Å². The van der Waals surface area contributed by atoms with Gasteiger partial charge in [-0.2, -0.15) is 0 Å². The number of rotatable bonds is 6. The summed E-state index contributed by atoms with van der Waals surface area (Å²) in [6.45, 7) is 1.79. The van der Waals surface area contributed by atoms with Gasteiger partial charge in [0.1, 0.15) is 5.82 Å². The Balaban J connectivity index is 1.49. The lowest BCUT2D eigenvalue weighted by molar-refractivity contribution is -0.125. The van der Waals surface area contributed by atoms with Crippen LogP contribution in [0.5, 0.6) is 0 Å². The van der Waals surface area contributed by atoms with E-state index in [0.29, 0.717) is 11.1 Å². The molecule has 0 atom stereocenters. The molecule has 0 heterocycles. The maximum atomic E-state index is 13.5. The largest absolute Gasteiger partial charge is 0.350 e. The number of nitrogens with one attached hydrogen (secondary N) is 2. The summed E-state index contributed by atoms with van der Waals surface area (Å²) in [4.78, 5) is 24.1. The molecule has 0 spiro atoms. The summed E-state index contributed by atoms with van der Waals surface area (Å²) in [6.07, 6.45) is 0.206. The van der Waals surface area contributed by atoms with Crippen molar-refractivity contribution in [3.8, 4) is 0 Å². The maximum absolute atomic E-state index is 13.5. The van der Waals surface area contributed by atoms with Crippen LogP contribution in [-0.4, -0.2) is 18.4 Å². The molecule has 3 aromatic carbocycles. The number of carbonyl (C=O) groups excluding carboxylic acids is 2. The molecule has 138 valence electrons. The zero-order chi connectivity index (χ0) is 19.2. The molecule has 27 heavy (non-hydrogen) atoms. The van der Waals surface area contributed by atoms with E-state index in [2.05, 4.69) is 10.6 Å². The van der Waals surface area contributed by atoms with Gasteiger partial charge in [0.25, 0.3) is 0 Å².